The van der Waals surface area contributed by atoms with Gasteiger partial charge < -0.3 is 23.8 Å². The van der Waals surface area contributed by atoms with Crippen LogP contribution in [0.4, 0.5) is 0 Å². The van der Waals surface area contributed by atoms with Gasteiger partial charge in [0.05, 0.1) is 6.61 Å². The van der Waals surface area contributed by atoms with Crippen LogP contribution in [0, 0.1) is 0 Å². The summed E-state index contributed by atoms with van der Waals surface area (Å²) in [7, 11) is 0. The van der Waals surface area contributed by atoms with Crippen molar-refractivity contribution in [3.63, 3.8) is 0 Å². The minimum absolute atomic E-state index is 0.178. The van der Waals surface area contributed by atoms with E-state index >= 15 is 0 Å². The fourth-order valence-corrected chi connectivity index (χ4v) is 4.77. The van der Waals surface area contributed by atoms with Gasteiger partial charge in [-0.25, -0.2) is 0 Å². The third-order valence-corrected chi connectivity index (χ3v) is 7.09. The molecule has 0 spiro atoms. The largest absolute Gasteiger partial charge is 0.489 e. The predicted octanol–water partition coefficient (Wildman–Crippen LogP) is 7.63. The van der Waals surface area contributed by atoms with Gasteiger partial charge in [-0.2, -0.15) is 0 Å². The Bertz CT molecular complexity index is 1690. The van der Waals surface area contributed by atoms with Gasteiger partial charge in [0.25, 0.3) is 5.91 Å². The molecular weight excluding hydrogens is 578 g/mol. The summed E-state index contributed by atoms with van der Waals surface area (Å²) in [6, 6.07) is 42.1. The van der Waals surface area contributed by atoms with Gasteiger partial charge in [-0.05, 0) is 77.7 Å². The van der Waals surface area contributed by atoms with Crippen LogP contribution in [-0.2, 0) is 35.9 Å². The molecule has 0 aliphatic rings. The smallest absolute Gasteiger partial charge is 0.325 e. The Hall–Kier alpha value is -5.56. The molecule has 0 bridgehead atoms. The van der Waals surface area contributed by atoms with Crippen LogP contribution in [0.2, 0.25) is 0 Å². The SMILES string of the molecule is CCOC(=O)CN(Cc1cccc(OCc2ccccc2)c1)C(=O)c1ccc(OCc2cccc(OCc3ccccc3)c2)cc1. The molecule has 0 fully saturated rings. The molecule has 0 radical (unpaired) electrons. The molecule has 5 rings (SSSR count). The van der Waals surface area contributed by atoms with Gasteiger partial charge in [-0.1, -0.05) is 84.9 Å². The lowest BCUT2D eigenvalue weighted by atomic mass is 10.1. The van der Waals surface area contributed by atoms with Crippen molar-refractivity contribution in [2.45, 2.75) is 33.3 Å². The van der Waals surface area contributed by atoms with Gasteiger partial charge >= 0.3 is 5.97 Å². The van der Waals surface area contributed by atoms with Crippen molar-refractivity contribution < 1.29 is 28.5 Å². The Labute approximate surface area is 269 Å². The van der Waals surface area contributed by atoms with Crippen LogP contribution in [0.1, 0.15) is 39.5 Å². The molecule has 0 saturated heterocycles. The van der Waals surface area contributed by atoms with Gasteiger partial charge in [0.15, 0.2) is 0 Å². The van der Waals surface area contributed by atoms with Crippen molar-refractivity contribution in [2.75, 3.05) is 13.2 Å². The molecule has 5 aromatic rings. The lowest BCUT2D eigenvalue weighted by Crippen LogP contribution is -2.36. The average molecular weight is 616 g/mol. The van der Waals surface area contributed by atoms with E-state index in [1.54, 1.807) is 31.2 Å². The number of carbonyl (C=O) groups is 2. The molecule has 0 heterocycles. The zero-order valence-electron chi connectivity index (χ0n) is 25.8. The van der Waals surface area contributed by atoms with Crippen LogP contribution in [0.5, 0.6) is 17.2 Å². The van der Waals surface area contributed by atoms with Crippen LogP contribution >= 0.6 is 0 Å². The minimum atomic E-state index is -0.470. The lowest BCUT2D eigenvalue weighted by Gasteiger charge is -2.22. The minimum Gasteiger partial charge on any atom is -0.489 e. The topological polar surface area (TPSA) is 74.3 Å². The molecule has 0 saturated carbocycles. The Kier molecular flexibility index (Phi) is 11.4. The first-order valence-corrected chi connectivity index (χ1v) is 15.2. The van der Waals surface area contributed by atoms with Crippen molar-refractivity contribution >= 4 is 11.9 Å². The van der Waals surface area contributed by atoms with Crippen molar-refractivity contribution in [1.82, 2.24) is 4.90 Å². The van der Waals surface area contributed by atoms with E-state index in [-0.39, 0.29) is 25.6 Å². The molecule has 46 heavy (non-hydrogen) atoms. The summed E-state index contributed by atoms with van der Waals surface area (Å²) in [5.74, 6) is 1.30. The van der Waals surface area contributed by atoms with Gasteiger partial charge in [0.2, 0.25) is 0 Å². The first kappa shape index (κ1) is 31.9. The van der Waals surface area contributed by atoms with E-state index in [9.17, 15) is 9.59 Å². The number of hydrogen-bond donors (Lipinski definition) is 0. The van der Waals surface area contributed by atoms with Crippen molar-refractivity contribution in [2.24, 2.45) is 0 Å². The lowest BCUT2D eigenvalue weighted by molar-refractivity contribution is -0.143. The van der Waals surface area contributed by atoms with E-state index in [0.29, 0.717) is 36.9 Å². The highest BCUT2D eigenvalue weighted by molar-refractivity contribution is 5.96. The first-order chi connectivity index (χ1) is 22.6. The van der Waals surface area contributed by atoms with Crippen molar-refractivity contribution in [3.8, 4) is 17.2 Å². The average Bonchev–Trinajstić information content (AvgIpc) is 3.10. The van der Waals surface area contributed by atoms with E-state index in [0.717, 1.165) is 28.0 Å². The molecule has 7 heteroatoms. The van der Waals surface area contributed by atoms with E-state index < -0.39 is 5.97 Å². The summed E-state index contributed by atoms with van der Waals surface area (Å²) in [4.78, 5) is 27.5. The van der Waals surface area contributed by atoms with Gasteiger partial charge in [-0.3, -0.25) is 9.59 Å². The molecular formula is C39H37NO6. The quantitative estimate of drug-likeness (QED) is 0.113. The Morgan fingerprint density at radius 2 is 1.04 bits per heavy atom. The van der Waals surface area contributed by atoms with Crippen LogP contribution in [0.15, 0.2) is 133 Å². The van der Waals surface area contributed by atoms with Crippen LogP contribution < -0.4 is 14.2 Å². The zero-order valence-corrected chi connectivity index (χ0v) is 25.8. The number of amides is 1. The predicted molar refractivity (Wildman–Crippen MR) is 177 cm³/mol. The van der Waals surface area contributed by atoms with Crippen LogP contribution in [0.25, 0.3) is 0 Å². The van der Waals surface area contributed by atoms with E-state index in [4.69, 9.17) is 18.9 Å². The maximum atomic E-state index is 13.6. The van der Waals surface area contributed by atoms with Gasteiger partial charge in [-0.15, -0.1) is 0 Å². The maximum Gasteiger partial charge on any atom is 0.325 e. The fourth-order valence-electron chi connectivity index (χ4n) is 4.77. The summed E-state index contributed by atoms with van der Waals surface area (Å²) in [6.07, 6.45) is 0. The van der Waals surface area contributed by atoms with Crippen LogP contribution in [0.3, 0.4) is 0 Å². The zero-order chi connectivity index (χ0) is 32.0. The molecule has 0 aliphatic heterocycles. The van der Waals surface area contributed by atoms with E-state index in [2.05, 4.69) is 0 Å². The van der Waals surface area contributed by atoms with Gasteiger partial charge in [0, 0.05) is 12.1 Å². The Morgan fingerprint density at radius 1 is 0.543 bits per heavy atom. The molecule has 0 unspecified atom stereocenters. The first-order valence-electron chi connectivity index (χ1n) is 15.2. The number of hydrogen-bond acceptors (Lipinski definition) is 6. The molecule has 1 amide bonds. The highest BCUT2D eigenvalue weighted by Gasteiger charge is 2.20. The molecule has 0 aromatic heterocycles. The highest BCUT2D eigenvalue weighted by Crippen LogP contribution is 2.21. The second kappa shape index (κ2) is 16.5. The highest BCUT2D eigenvalue weighted by atomic mass is 16.5. The second-order valence-electron chi connectivity index (χ2n) is 10.6. The molecule has 0 N–H and O–H groups in total. The van der Waals surface area contributed by atoms with E-state index in [1.807, 2.05) is 109 Å². The summed E-state index contributed by atoms with van der Waals surface area (Å²) in [5.41, 5.74) is 4.38. The third-order valence-electron chi connectivity index (χ3n) is 7.09. The summed E-state index contributed by atoms with van der Waals surface area (Å²) in [6.45, 7) is 3.26. The third kappa shape index (κ3) is 9.72. The molecule has 5 aromatic carbocycles. The number of esters is 1. The standard InChI is InChI=1S/C39H37NO6/c1-2-43-38(41)26-40(25-32-15-9-17-36(23-32)45-27-30-11-5-3-6-12-30)39(42)34-19-21-35(22-20-34)44-29-33-16-10-18-37(24-33)46-28-31-13-7-4-8-14-31/h3-24H,2,25-29H2,1H3. The summed E-state index contributed by atoms with van der Waals surface area (Å²) >= 11 is 0. The molecule has 0 atom stereocenters. The summed E-state index contributed by atoms with van der Waals surface area (Å²) in [5, 5.41) is 0. The molecule has 234 valence electrons. The van der Waals surface area contributed by atoms with Gasteiger partial charge in [0.1, 0.15) is 43.6 Å². The second-order valence-corrected chi connectivity index (χ2v) is 10.6. The molecule has 0 aliphatic carbocycles. The number of rotatable bonds is 15. The molecule has 7 nitrogen and oxygen atoms in total. The monoisotopic (exact) mass is 615 g/mol. The van der Waals surface area contributed by atoms with E-state index in [1.165, 1.54) is 4.90 Å². The Balaban J connectivity index is 1.20. The van der Waals surface area contributed by atoms with Crippen molar-refractivity contribution in [3.05, 3.63) is 161 Å². The normalized spacial score (nSPS) is 10.5. The number of benzene rings is 5. The summed E-state index contributed by atoms with van der Waals surface area (Å²) < 4.78 is 23.1. The van der Waals surface area contributed by atoms with Crippen LogP contribution in [-0.4, -0.2) is 29.9 Å². The number of carbonyl (C=O) groups excluding carboxylic acids is 2. The fraction of sp³-hybridized carbons (Fsp3) is 0.179. The number of nitrogens with zero attached hydrogens (tertiary/aromatic N) is 1. The Morgan fingerprint density at radius 3 is 1.63 bits per heavy atom. The number of ether oxygens (including phenoxy) is 4. The maximum absolute atomic E-state index is 13.6. The van der Waals surface area contributed by atoms with Crippen molar-refractivity contribution in [1.29, 1.82) is 0 Å².